The molecule has 7 heteroatoms. The van der Waals surface area contributed by atoms with Crippen molar-refractivity contribution in [1.29, 1.82) is 0 Å². The molecule has 0 aromatic heterocycles. The van der Waals surface area contributed by atoms with E-state index in [-0.39, 0.29) is 12.7 Å². The largest absolute Gasteiger partial charge is 0.454 e. The van der Waals surface area contributed by atoms with Crippen LogP contribution >= 0.6 is 11.8 Å². The molecular formula is C11H9N3O3S. The Kier molecular flexibility index (Phi) is 2.89. The van der Waals surface area contributed by atoms with E-state index in [9.17, 15) is 4.79 Å². The van der Waals surface area contributed by atoms with Crippen molar-refractivity contribution in [3.05, 3.63) is 23.8 Å². The molecule has 0 saturated carbocycles. The van der Waals surface area contributed by atoms with Crippen LogP contribution in [0.1, 0.15) is 5.56 Å². The zero-order valence-corrected chi connectivity index (χ0v) is 10.1. The SMILES string of the molecule is O=C1CS/C(=N/N=C/c2ccc3c(c2)OCO3)N1. The Bertz CT molecular complexity index is 556. The average Bonchev–Trinajstić information content (AvgIpc) is 2.97. The molecule has 1 fully saturated rings. The summed E-state index contributed by atoms with van der Waals surface area (Å²) in [7, 11) is 0. The topological polar surface area (TPSA) is 72.3 Å². The number of amides is 1. The minimum atomic E-state index is -0.0444. The van der Waals surface area contributed by atoms with Crippen LogP contribution in [0.3, 0.4) is 0 Å². The highest BCUT2D eigenvalue weighted by Gasteiger charge is 2.16. The summed E-state index contributed by atoms with van der Waals surface area (Å²) in [6.45, 7) is 0.251. The van der Waals surface area contributed by atoms with Crippen LogP contribution in [0.15, 0.2) is 28.4 Å². The normalized spacial score (nSPS) is 19.8. The highest BCUT2D eigenvalue weighted by atomic mass is 32.2. The maximum atomic E-state index is 10.9. The fraction of sp³-hybridized carbons (Fsp3) is 0.182. The first-order valence-corrected chi connectivity index (χ1v) is 6.23. The van der Waals surface area contributed by atoms with Gasteiger partial charge < -0.3 is 14.8 Å². The van der Waals surface area contributed by atoms with Crippen LogP contribution in [-0.2, 0) is 4.79 Å². The number of hydrogen-bond acceptors (Lipinski definition) is 6. The molecule has 0 bridgehead atoms. The minimum absolute atomic E-state index is 0.0444. The van der Waals surface area contributed by atoms with E-state index >= 15 is 0 Å². The Morgan fingerprint density at radius 1 is 1.33 bits per heavy atom. The van der Waals surface area contributed by atoms with E-state index in [2.05, 4.69) is 15.5 Å². The van der Waals surface area contributed by atoms with Gasteiger partial charge in [0.15, 0.2) is 16.7 Å². The fourth-order valence-electron chi connectivity index (χ4n) is 1.52. The fourth-order valence-corrected chi connectivity index (χ4v) is 2.15. The molecule has 18 heavy (non-hydrogen) atoms. The van der Waals surface area contributed by atoms with Crippen molar-refractivity contribution < 1.29 is 14.3 Å². The maximum absolute atomic E-state index is 10.9. The van der Waals surface area contributed by atoms with Gasteiger partial charge in [-0.25, -0.2) is 0 Å². The maximum Gasteiger partial charge on any atom is 0.236 e. The molecule has 92 valence electrons. The molecule has 1 saturated heterocycles. The Balaban J connectivity index is 1.71. The first-order valence-electron chi connectivity index (χ1n) is 5.24. The number of thioether (sulfide) groups is 1. The van der Waals surface area contributed by atoms with E-state index in [0.29, 0.717) is 16.7 Å². The second kappa shape index (κ2) is 4.69. The van der Waals surface area contributed by atoms with Crippen LogP contribution in [0.5, 0.6) is 11.5 Å². The van der Waals surface area contributed by atoms with Crippen LogP contribution in [0.4, 0.5) is 0 Å². The summed E-state index contributed by atoms with van der Waals surface area (Å²) in [5.41, 5.74) is 0.859. The Hall–Kier alpha value is -2.02. The van der Waals surface area contributed by atoms with Crippen LogP contribution in [0, 0.1) is 0 Å². The third kappa shape index (κ3) is 2.30. The van der Waals surface area contributed by atoms with Gasteiger partial charge in [-0.3, -0.25) is 4.79 Å². The van der Waals surface area contributed by atoms with Crippen molar-refractivity contribution in [3.8, 4) is 11.5 Å². The molecule has 2 heterocycles. The van der Waals surface area contributed by atoms with Crippen molar-refractivity contribution >= 4 is 29.1 Å². The zero-order valence-electron chi connectivity index (χ0n) is 9.25. The summed E-state index contributed by atoms with van der Waals surface area (Å²) in [5.74, 6) is 1.79. The van der Waals surface area contributed by atoms with E-state index in [4.69, 9.17) is 9.47 Å². The third-order valence-electron chi connectivity index (χ3n) is 2.34. The lowest BCUT2D eigenvalue weighted by atomic mass is 10.2. The van der Waals surface area contributed by atoms with E-state index < -0.39 is 0 Å². The number of carbonyl (C=O) groups excluding carboxylic acids is 1. The van der Waals surface area contributed by atoms with Gasteiger partial charge in [0.2, 0.25) is 12.7 Å². The minimum Gasteiger partial charge on any atom is -0.454 e. The summed E-state index contributed by atoms with van der Waals surface area (Å²) in [6.07, 6.45) is 1.60. The summed E-state index contributed by atoms with van der Waals surface area (Å²) in [4.78, 5) is 10.9. The molecule has 2 aliphatic rings. The summed E-state index contributed by atoms with van der Waals surface area (Å²) < 4.78 is 10.5. The van der Waals surface area contributed by atoms with E-state index in [1.165, 1.54) is 11.8 Å². The molecule has 1 aromatic carbocycles. The number of nitrogens with zero attached hydrogens (tertiary/aromatic N) is 2. The van der Waals surface area contributed by atoms with Crippen molar-refractivity contribution in [2.45, 2.75) is 0 Å². The number of hydrogen-bond donors (Lipinski definition) is 1. The third-order valence-corrected chi connectivity index (χ3v) is 3.20. The average molecular weight is 263 g/mol. The smallest absolute Gasteiger partial charge is 0.236 e. The number of nitrogens with one attached hydrogen (secondary N) is 1. The number of fused-ring (bicyclic) bond motifs is 1. The van der Waals surface area contributed by atoms with Gasteiger partial charge in [0, 0.05) is 0 Å². The molecule has 0 aliphatic carbocycles. The van der Waals surface area contributed by atoms with Gasteiger partial charge in [-0.15, -0.1) is 5.10 Å². The van der Waals surface area contributed by atoms with Crippen LogP contribution in [-0.4, -0.2) is 29.8 Å². The van der Waals surface area contributed by atoms with Crippen molar-refractivity contribution in [2.24, 2.45) is 10.2 Å². The molecule has 1 N–H and O–H groups in total. The Labute approximate surface area is 107 Å². The number of ether oxygens (including phenoxy) is 2. The molecule has 1 amide bonds. The lowest BCUT2D eigenvalue weighted by Crippen LogP contribution is -2.19. The molecule has 0 radical (unpaired) electrons. The lowest BCUT2D eigenvalue weighted by Gasteiger charge is -1.96. The quantitative estimate of drug-likeness (QED) is 0.637. The van der Waals surface area contributed by atoms with Gasteiger partial charge in [-0.05, 0) is 23.8 Å². The van der Waals surface area contributed by atoms with Crippen LogP contribution in [0.25, 0.3) is 0 Å². The van der Waals surface area contributed by atoms with Crippen molar-refractivity contribution in [2.75, 3.05) is 12.5 Å². The standard InChI is InChI=1S/C11H9N3O3S/c15-10-5-18-11(13-10)14-12-4-7-1-2-8-9(3-7)17-6-16-8/h1-4H,5-6H2,(H,13,14,15)/b12-4+. The molecule has 3 rings (SSSR count). The van der Waals surface area contributed by atoms with Gasteiger partial charge in [-0.1, -0.05) is 11.8 Å². The van der Waals surface area contributed by atoms with E-state index in [0.717, 1.165) is 11.3 Å². The number of amidine groups is 1. The highest BCUT2D eigenvalue weighted by molar-refractivity contribution is 8.15. The van der Waals surface area contributed by atoms with Gasteiger partial charge in [0.05, 0.1) is 12.0 Å². The molecule has 1 aromatic rings. The Morgan fingerprint density at radius 2 is 2.22 bits per heavy atom. The van der Waals surface area contributed by atoms with Crippen LogP contribution in [0.2, 0.25) is 0 Å². The molecule has 0 spiro atoms. The highest BCUT2D eigenvalue weighted by Crippen LogP contribution is 2.31. The van der Waals surface area contributed by atoms with Crippen molar-refractivity contribution in [1.82, 2.24) is 5.32 Å². The number of benzene rings is 1. The summed E-state index contributed by atoms with van der Waals surface area (Å²) in [5, 5.41) is 10.9. The van der Waals surface area contributed by atoms with E-state index in [1.807, 2.05) is 18.2 Å². The van der Waals surface area contributed by atoms with E-state index in [1.54, 1.807) is 6.21 Å². The molecule has 6 nitrogen and oxygen atoms in total. The number of carbonyl (C=O) groups is 1. The molecule has 0 unspecified atom stereocenters. The Morgan fingerprint density at radius 3 is 3.06 bits per heavy atom. The van der Waals surface area contributed by atoms with Gasteiger partial charge in [0.1, 0.15) is 0 Å². The molecule has 0 atom stereocenters. The summed E-state index contributed by atoms with van der Waals surface area (Å²) in [6, 6.07) is 5.51. The number of rotatable bonds is 2. The monoisotopic (exact) mass is 263 g/mol. The van der Waals surface area contributed by atoms with Crippen LogP contribution < -0.4 is 14.8 Å². The first kappa shape index (κ1) is 11.1. The molecule has 2 aliphatic heterocycles. The second-order valence-corrected chi connectivity index (χ2v) is 4.56. The summed E-state index contributed by atoms with van der Waals surface area (Å²) >= 11 is 1.34. The zero-order chi connectivity index (χ0) is 12.4. The van der Waals surface area contributed by atoms with Gasteiger partial charge in [-0.2, -0.15) is 5.10 Å². The van der Waals surface area contributed by atoms with Gasteiger partial charge >= 0.3 is 0 Å². The predicted molar refractivity (Wildman–Crippen MR) is 68.2 cm³/mol. The lowest BCUT2D eigenvalue weighted by molar-refractivity contribution is -0.116. The van der Waals surface area contributed by atoms with Crippen molar-refractivity contribution in [3.63, 3.8) is 0 Å². The molecular weight excluding hydrogens is 254 g/mol. The predicted octanol–water partition coefficient (Wildman–Crippen LogP) is 0.968. The van der Waals surface area contributed by atoms with Gasteiger partial charge in [0.25, 0.3) is 0 Å². The second-order valence-electron chi connectivity index (χ2n) is 3.60. The first-order chi connectivity index (χ1) is 8.81.